The molecule has 0 saturated heterocycles. The molecule has 2 rings (SSSR count). The maximum atomic E-state index is 10.6. The summed E-state index contributed by atoms with van der Waals surface area (Å²) >= 11 is 5.99. The third kappa shape index (κ3) is 3.09. The fraction of sp³-hybridized carbons (Fsp3) is 0.500. The number of nitrogens with one attached hydrogen (secondary N) is 1. The van der Waals surface area contributed by atoms with Crippen LogP contribution < -0.4 is 5.32 Å². The summed E-state index contributed by atoms with van der Waals surface area (Å²) in [6.07, 6.45) is 5.13. The van der Waals surface area contributed by atoms with Gasteiger partial charge in [-0.05, 0) is 24.8 Å². The molecule has 1 fully saturated rings. The molecule has 0 aromatic heterocycles. The van der Waals surface area contributed by atoms with Gasteiger partial charge in [0.2, 0.25) is 0 Å². The van der Waals surface area contributed by atoms with Crippen LogP contribution in [0, 0.1) is 16.0 Å². The van der Waals surface area contributed by atoms with Crippen molar-refractivity contribution in [3.63, 3.8) is 0 Å². The Morgan fingerprint density at radius 2 is 2.12 bits per heavy atom. The minimum absolute atomic E-state index is 0.0291. The van der Waals surface area contributed by atoms with Crippen LogP contribution in [0.5, 0.6) is 0 Å². The van der Waals surface area contributed by atoms with E-state index in [2.05, 4.69) is 5.32 Å². The minimum Gasteiger partial charge on any atom is -0.384 e. The predicted octanol–water partition coefficient (Wildman–Crippen LogP) is 3.85. The number of rotatable bonds is 4. The summed E-state index contributed by atoms with van der Waals surface area (Å²) in [5.74, 6) is 0.709. The number of nitro benzene ring substituents is 1. The molecule has 0 aliphatic heterocycles. The van der Waals surface area contributed by atoms with Gasteiger partial charge in [0.1, 0.15) is 0 Å². The Bertz CT molecular complexity index is 417. The first-order valence-corrected chi connectivity index (χ1v) is 6.22. The first-order valence-electron chi connectivity index (χ1n) is 5.84. The van der Waals surface area contributed by atoms with E-state index in [9.17, 15) is 10.1 Å². The van der Waals surface area contributed by atoms with E-state index in [-0.39, 0.29) is 5.69 Å². The van der Waals surface area contributed by atoms with Crippen molar-refractivity contribution in [1.29, 1.82) is 0 Å². The smallest absolute Gasteiger partial charge is 0.271 e. The second-order valence-corrected chi connectivity index (χ2v) is 4.86. The molecule has 92 valence electrons. The molecule has 0 bridgehead atoms. The van der Waals surface area contributed by atoms with E-state index in [1.807, 2.05) is 0 Å². The number of nitro groups is 1. The van der Waals surface area contributed by atoms with Crippen LogP contribution in [0.1, 0.15) is 25.7 Å². The van der Waals surface area contributed by atoms with E-state index in [1.165, 1.54) is 37.8 Å². The normalized spacial score (nSPS) is 16.1. The number of hydrogen-bond acceptors (Lipinski definition) is 3. The fourth-order valence-electron chi connectivity index (χ4n) is 2.23. The van der Waals surface area contributed by atoms with Crippen LogP contribution in [-0.2, 0) is 0 Å². The minimum atomic E-state index is -0.438. The molecule has 1 aromatic rings. The third-order valence-electron chi connectivity index (χ3n) is 3.22. The average Bonchev–Trinajstić information content (AvgIpc) is 2.80. The van der Waals surface area contributed by atoms with Gasteiger partial charge in [-0.3, -0.25) is 10.1 Å². The largest absolute Gasteiger partial charge is 0.384 e. The fourth-order valence-corrected chi connectivity index (χ4v) is 2.47. The lowest BCUT2D eigenvalue weighted by atomic mass is 10.1. The van der Waals surface area contributed by atoms with Gasteiger partial charge in [-0.1, -0.05) is 24.4 Å². The van der Waals surface area contributed by atoms with Crippen molar-refractivity contribution >= 4 is 23.0 Å². The van der Waals surface area contributed by atoms with Crippen molar-refractivity contribution in [1.82, 2.24) is 0 Å². The SMILES string of the molecule is O=[N+]([O-])c1ccc(NCC2CCCC2)c(Cl)c1. The van der Waals surface area contributed by atoms with Crippen LogP contribution in [0.25, 0.3) is 0 Å². The van der Waals surface area contributed by atoms with E-state index >= 15 is 0 Å². The molecular formula is C12H15ClN2O2. The van der Waals surface area contributed by atoms with Crippen molar-refractivity contribution < 1.29 is 4.92 Å². The predicted molar refractivity (Wildman–Crippen MR) is 68.6 cm³/mol. The summed E-state index contributed by atoms with van der Waals surface area (Å²) in [5, 5.41) is 14.2. The Kier molecular flexibility index (Phi) is 3.84. The maximum Gasteiger partial charge on any atom is 0.271 e. The second-order valence-electron chi connectivity index (χ2n) is 4.45. The van der Waals surface area contributed by atoms with Gasteiger partial charge in [0.05, 0.1) is 15.6 Å². The summed E-state index contributed by atoms with van der Waals surface area (Å²) in [6.45, 7) is 0.900. The van der Waals surface area contributed by atoms with E-state index in [0.717, 1.165) is 12.2 Å². The highest BCUT2D eigenvalue weighted by molar-refractivity contribution is 6.33. The van der Waals surface area contributed by atoms with Gasteiger partial charge in [-0.15, -0.1) is 0 Å². The van der Waals surface area contributed by atoms with Gasteiger partial charge in [0.15, 0.2) is 0 Å². The Morgan fingerprint density at radius 1 is 1.41 bits per heavy atom. The van der Waals surface area contributed by atoms with Crippen molar-refractivity contribution in [3.05, 3.63) is 33.3 Å². The molecule has 0 radical (unpaired) electrons. The maximum absolute atomic E-state index is 10.6. The molecular weight excluding hydrogens is 240 g/mol. The van der Waals surface area contributed by atoms with Crippen LogP contribution in [0.4, 0.5) is 11.4 Å². The highest BCUT2D eigenvalue weighted by atomic mass is 35.5. The van der Waals surface area contributed by atoms with E-state index in [1.54, 1.807) is 6.07 Å². The van der Waals surface area contributed by atoms with Crippen LogP contribution >= 0.6 is 11.6 Å². The number of nitrogens with zero attached hydrogens (tertiary/aromatic N) is 1. The number of hydrogen-bond donors (Lipinski definition) is 1. The van der Waals surface area contributed by atoms with Crippen molar-refractivity contribution in [2.75, 3.05) is 11.9 Å². The first-order chi connectivity index (χ1) is 8.16. The summed E-state index contributed by atoms with van der Waals surface area (Å²) < 4.78 is 0. The molecule has 5 heteroatoms. The average molecular weight is 255 g/mol. The van der Waals surface area contributed by atoms with Gasteiger partial charge >= 0.3 is 0 Å². The zero-order valence-corrected chi connectivity index (χ0v) is 10.2. The van der Waals surface area contributed by atoms with Crippen LogP contribution in [-0.4, -0.2) is 11.5 Å². The lowest BCUT2D eigenvalue weighted by molar-refractivity contribution is -0.384. The summed E-state index contributed by atoms with van der Waals surface area (Å²) in [7, 11) is 0. The van der Waals surface area contributed by atoms with E-state index < -0.39 is 4.92 Å². The molecule has 0 spiro atoms. The highest BCUT2D eigenvalue weighted by Gasteiger charge is 2.15. The van der Waals surface area contributed by atoms with Gasteiger partial charge in [0, 0.05) is 18.7 Å². The zero-order valence-electron chi connectivity index (χ0n) is 9.49. The van der Waals surface area contributed by atoms with E-state index in [4.69, 9.17) is 11.6 Å². The van der Waals surface area contributed by atoms with Crippen LogP contribution in [0.2, 0.25) is 5.02 Å². The Labute approximate surface area is 105 Å². The topological polar surface area (TPSA) is 55.2 Å². The van der Waals surface area contributed by atoms with Crippen LogP contribution in [0.15, 0.2) is 18.2 Å². The number of halogens is 1. The molecule has 0 amide bonds. The van der Waals surface area contributed by atoms with Crippen molar-refractivity contribution in [2.45, 2.75) is 25.7 Å². The summed E-state index contributed by atoms with van der Waals surface area (Å²) in [5.41, 5.74) is 0.811. The molecule has 17 heavy (non-hydrogen) atoms. The van der Waals surface area contributed by atoms with Crippen molar-refractivity contribution in [2.24, 2.45) is 5.92 Å². The molecule has 1 aliphatic rings. The molecule has 1 aromatic carbocycles. The standard InChI is InChI=1S/C12H15ClN2O2/c13-11-7-10(15(16)17)5-6-12(11)14-8-9-3-1-2-4-9/h5-7,9,14H,1-4,8H2. The quantitative estimate of drug-likeness (QED) is 0.656. The molecule has 0 heterocycles. The van der Waals surface area contributed by atoms with E-state index in [0.29, 0.717) is 10.9 Å². The monoisotopic (exact) mass is 254 g/mol. The molecule has 1 saturated carbocycles. The summed E-state index contributed by atoms with van der Waals surface area (Å²) in [4.78, 5) is 10.1. The van der Waals surface area contributed by atoms with Crippen molar-refractivity contribution in [3.8, 4) is 0 Å². The van der Waals surface area contributed by atoms with Crippen LogP contribution in [0.3, 0.4) is 0 Å². The molecule has 1 N–H and O–H groups in total. The number of non-ortho nitro benzene ring substituents is 1. The number of benzene rings is 1. The third-order valence-corrected chi connectivity index (χ3v) is 3.53. The molecule has 0 atom stereocenters. The van der Waals surface area contributed by atoms with Gasteiger partial charge in [0.25, 0.3) is 5.69 Å². The molecule has 0 unspecified atom stereocenters. The number of anilines is 1. The Balaban J connectivity index is 1.98. The molecule has 1 aliphatic carbocycles. The Morgan fingerprint density at radius 3 is 2.71 bits per heavy atom. The van der Waals surface area contributed by atoms with Gasteiger partial charge < -0.3 is 5.32 Å². The molecule has 4 nitrogen and oxygen atoms in total. The first kappa shape index (κ1) is 12.2. The zero-order chi connectivity index (χ0) is 12.3. The highest BCUT2D eigenvalue weighted by Crippen LogP contribution is 2.29. The second kappa shape index (κ2) is 5.36. The Hall–Kier alpha value is -1.29. The van der Waals surface area contributed by atoms with Gasteiger partial charge in [-0.2, -0.15) is 0 Å². The lowest BCUT2D eigenvalue weighted by Gasteiger charge is -2.12. The summed E-state index contributed by atoms with van der Waals surface area (Å²) in [6, 6.07) is 4.54. The lowest BCUT2D eigenvalue weighted by Crippen LogP contribution is -2.11. The van der Waals surface area contributed by atoms with Gasteiger partial charge in [-0.25, -0.2) is 0 Å².